The lowest BCUT2D eigenvalue weighted by atomic mass is 10.2. The van der Waals surface area contributed by atoms with Crippen molar-refractivity contribution < 1.29 is 22.4 Å². The van der Waals surface area contributed by atoms with Crippen LogP contribution >= 0.6 is 23.2 Å². The summed E-state index contributed by atoms with van der Waals surface area (Å²) in [6.07, 6.45) is -4.96. The topological polar surface area (TPSA) is 59.8 Å². The highest BCUT2D eigenvalue weighted by atomic mass is 35.5. The van der Waals surface area contributed by atoms with Crippen LogP contribution in [-0.4, -0.2) is 20.9 Å². The molecule has 0 unspecified atom stereocenters. The van der Waals surface area contributed by atoms with Gasteiger partial charge in [0.25, 0.3) is 5.91 Å². The highest BCUT2D eigenvalue weighted by molar-refractivity contribution is 6.35. The number of halogens is 6. The lowest BCUT2D eigenvalue weighted by molar-refractivity contribution is -0.143. The van der Waals surface area contributed by atoms with Crippen molar-refractivity contribution in [2.75, 3.05) is 0 Å². The van der Waals surface area contributed by atoms with Crippen LogP contribution in [0, 0.1) is 5.82 Å². The fourth-order valence-corrected chi connectivity index (χ4v) is 2.88. The average molecular weight is 433 g/mol. The smallest absolute Gasteiger partial charge is 0.346 e. The molecule has 0 spiro atoms. The van der Waals surface area contributed by atoms with E-state index >= 15 is 0 Å². The van der Waals surface area contributed by atoms with Crippen molar-refractivity contribution in [3.8, 4) is 5.69 Å². The Balaban J connectivity index is 1.92. The molecule has 1 amide bonds. The zero-order valence-corrected chi connectivity index (χ0v) is 15.3. The Morgan fingerprint density at radius 2 is 1.89 bits per heavy atom. The Morgan fingerprint density at radius 3 is 2.54 bits per heavy atom. The van der Waals surface area contributed by atoms with Crippen LogP contribution in [0.15, 0.2) is 42.5 Å². The molecule has 0 aliphatic carbocycles. The normalized spacial score (nSPS) is 11.5. The van der Waals surface area contributed by atoms with Gasteiger partial charge in [0.2, 0.25) is 0 Å². The summed E-state index contributed by atoms with van der Waals surface area (Å²) in [5.41, 5.74) is -2.13. The fraction of sp³-hybridized carbons (Fsp3) is 0.118. The first-order valence-corrected chi connectivity index (χ1v) is 8.43. The molecule has 0 fully saturated rings. The number of alkyl halides is 3. The third kappa shape index (κ3) is 4.26. The SMILES string of the molecule is O=C(NCc1ccc(Cl)cc1Cl)c1nnn(-c2cccc(F)c2)c1C(F)(F)F. The van der Waals surface area contributed by atoms with E-state index in [9.17, 15) is 22.4 Å². The summed E-state index contributed by atoms with van der Waals surface area (Å²) in [5.74, 6) is -1.87. The third-order valence-electron chi connectivity index (χ3n) is 3.66. The zero-order valence-electron chi connectivity index (χ0n) is 13.8. The molecule has 0 aliphatic heterocycles. The van der Waals surface area contributed by atoms with E-state index in [1.165, 1.54) is 30.3 Å². The molecule has 1 N–H and O–H groups in total. The largest absolute Gasteiger partial charge is 0.435 e. The van der Waals surface area contributed by atoms with Crippen molar-refractivity contribution >= 4 is 29.1 Å². The van der Waals surface area contributed by atoms with E-state index in [4.69, 9.17) is 23.2 Å². The molecule has 146 valence electrons. The van der Waals surface area contributed by atoms with Gasteiger partial charge in [-0.25, -0.2) is 9.07 Å². The summed E-state index contributed by atoms with van der Waals surface area (Å²) >= 11 is 11.8. The molecule has 28 heavy (non-hydrogen) atoms. The Morgan fingerprint density at radius 1 is 1.14 bits per heavy atom. The zero-order chi connectivity index (χ0) is 20.5. The number of nitrogens with one attached hydrogen (secondary N) is 1. The van der Waals surface area contributed by atoms with E-state index < -0.39 is 29.3 Å². The van der Waals surface area contributed by atoms with Gasteiger partial charge in [0, 0.05) is 16.6 Å². The molecular formula is C17H10Cl2F4N4O. The van der Waals surface area contributed by atoms with Gasteiger partial charge < -0.3 is 5.32 Å². The highest BCUT2D eigenvalue weighted by Gasteiger charge is 2.42. The summed E-state index contributed by atoms with van der Waals surface area (Å²) in [6.45, 7) is -0.154. The summed E-state index contributed by atoms with van der Waals surface area (Å²) in [4.78, 5) is 12.3. The van der Waals surface area contributed by atoms with Crippen molar-refractivity contribution in [2.24, 2.45) is 0 Å². The monoisotopic (exact) mass is 432 g/mol. The van der Waals surface area contributed by atoms with Crippen LogP contribution in [0.5, 0.6) is 0 Å². The molecule has 0 saturated carbocycles. The van der Waals surface area contributed by atoms with E-state index in [0.717, 1.165) is 12.1 Å². The first-order chi connectivity index (χ1) is 13.2. The van der Waals surface area contributed by atoms with E-state index in [-0.39, 0.29) is 17.3 Å². The molecule has 0 radical (unpaired) electrons. The summed E-state index contributed by atoms with van der Waals surface area (Å²) in [5, 5.41) is 9.64. The maximum Gasteiger partial charge on any atom is 0.435 e. The standard InChI is InChI=1S/C17H10Cl2F4N4O/c18-10-5-4-9(13(19)6-10)8-24-16(28)14-15(17(21,22)23)27(26-25-14)12-3-1-2-11(20)7-12/h1-7H,8H2,(H,24,28). The van der Waals surface area contributed by atoms with Gasteiger partial charge in [-0.3, -0.25) is 4.79 Å². The van der Waals surface area contributed by atoms with Crippen molar-refractivity contribution in [1.82, 2.24) is 20.3 Å². The first-order valence-electron chi connectivity index (χ1n) is 7.68. The quantitative estimate of drug-likeness (QED) is 0.609. The number of benzene rings is 2. The molecular weight excluding hydrogens is 423 g/mol. The summed E-state index contributed by atoms with van der Waals surface area (Å²) in [7, 11) is 0. The number of carbonyl (C=O) groups excluding carboxylic acids is 1. The maximum atomic E-state index is 13.6. The van der Waals surface area contributed by atoms with Gasteiger partial charge >= 0.3 is 6.18 Å². The third-order valence-corrected chi connectivity index (χ3v) is 4.25. The molecule has 0 aliphatic rings. The van der Waals surface area contributed by atoms with Crippen LogP contribution in [0.25, 0.3) is 5.69 Å². The molecule has 0 saturated heterocycles. The number of amides is 1. The van der Waals surface area contributed by atoms with Crippen molar-refractivity contribution in [1.29, 1.82) is 0 Å². The molecule has 1 heterocycles. The minimum Gasteiger partial charge on any atom is -0.346 e. The van der Waals surface area contributed by atoms with Gasteiger partial charge in [-0.05, 0) is 35.9 Å². The van der Waals surface area contributed by atoms with Gasteiger partial charge in [-0.1, -0.05) is 40.5 Å². The number of carbonyl (C=O) groups is 1. The van der Waals surface area contributed by atoms with Gasteiger partial charge in [0.1, 0.15) is 5.82 Å². The van der Waals surface area contributed by atoms with Crippen LogP contribution in [0.1, 0.15) is 21.7 Å². The Kier molecular flexibility index (Phi) is 5.57. The summed E-state index contributed by atoms with van der Waals surface area (Å²) < 4.78 is 54.4. The van der Waals surface area contributed by atoms with Gasteiger partial charge in [0.05, 0.1) is 5.69 Å². The van der Waals surface area contributed by atoms with E-state index in [1.54, 1.807) is 0 Å². The average Bonchev–Trinajstić information content (AvgIpc) is 3.06. The van der Waals surface area contributed by atoms with E-state index in [1.807, 2.05) is 0 Å². The van der Waals surface area contributed by atoms with E-state index in [0.29, 0.717) is 15.3 Å². The van der Waals surface area contributed by atoms with Crippen molar-refractivity contribution in [3.05, 3.63) is 75.3 Å². The predicted molar refractivity (Wildman–Crippen MR) is 94.0 cm³/mol. The lowest BCUT2D eigenvalue weighted by Crippen LogP contribution is -2.27. The fourth-order valence-electron chi connectivity index (χ4n) is 2.40. The van der Waals surface area contributed by atoms with E-state index in [2.05, 4.69) is 15.6 Å². The first kappa shape index (κ1) is 20.1. The molecule has 0 atom stereocenters. The Labute approximate surface area is 165 Å². The maximum absolute atomic E-state index is 13.6. The predicted octanol–water partition coefficient (Wildman–Crippen LogP) is 4.66. The van der Waals surface area contributed by atoms with Crippen LogP contribution in [0.4, 0.5) is 17.6 Å². The molecule has 11 heteroatoms. The molecule has 3 aromatic rings. The molecule has 3 rings (SSSR count). The van der Waals surface area contributed by atoms with Gasteiger partial charge in [-0.2, -0.15) is 13.2 Å². The second-order valence-corrected chi connectivity index (χ2v) is 6.44. The van der Waals surface area contributed by atoms with Crippen LogP contribution in [0.2, 0.25) is 10.0 Å². The number of hydrogen-bond acceptors (Lipinski definition) is 3. The van der Waals surface area contributed by atoms with Crippen LogP contribution in [0.3, 0.4) is 0 Å². The lowest BCUT2D eigenvalue weighted by Gasteiger charge is -2.11. The molecule has 0 bridgehead atoms. The number of rotatable bonds is 4. The Hall–Kier alpha value is -2.65. The second kappa shape index (κ2) is 7.76. The molecule has 5 nitrogen and oxygen atoms in total. The Bertz CT molecular complexity index is 1040. The minimum atomic E-state index is -4.96. The second-order valence-electron chi connectivity index (χ2n) is 5.59. The minimum absolute atomic E-state index is 0.154. The summed E-state index contributed by atoms with van der Waals surface area (Å²) in [6, 6.07) is 8.83. The number of nitrogens with zero attached hydrogens (tertiary/aromatic N) is 3. The molecule has 2 aromatic carbocycles. The highest BCUT2D eigenvalue weighted by Crippen LogP contribution is 2.33. The van der Waals surface area contributed by atoms with Gasteiger partial charge in [-0.15, -0.1) is 5.10 Å². The van der Waals surface area contributed by atoms with Crippen molar-refractivity contribution in [3.63, 3.8) is 0 Å². The van der Waals surface area contributed by atoms with Crippen LogP contribution < -0.4 is 5.32 Å². The van der Waals surface area contributed by atoms with Crippen LogP contribution in [-0.2, 0) is 12.7 Å². The molecule has 1 aromatic heterocycles. The number of aromatic nitrogens is 3. The van der Waals surface area contributed by atoms with Gasteiger partial charge in [0.15, 0.2) is 11.4 Å². The van der Waals surface area contributed by atoms with Crippen molar-refractivity contribution in [2.45, 2.75) is 12.7 Å². The number of hydrogen-bond donors (Lipinski definition) is 1.